The molecule has 0 aromatic heterocycles. The van der Waals surface area contributed by atoms with Gasteiger partial charge in [-0.2, -0.15) is 0 Å². The Bertz CT molecular complexity index is 282. The lowest BCUT2D eigenvalue weighted by Gasteiger charge is -2.16. The van der Waals surface area contributed by atoms with E-state index in [1.165, 1.54) is 0 Å². The molecule has 1 amide bonds. The second kappa shape index (κ2) is 11.7. The Balaban J connectivity index is 3.62. The highest BCUT2D eigenvalue weighted by molar-refractivity contribution is 5.81. The summed E-state index contributed by atoms with van der Waals surface area (Å²) < 4.78 is 0. The maximum absolute atomic E-state index is 11.7. The van der Waals surface area contributed by atoms with Crippen LogP contribution in [-0.2, 0) is 9.59 Å². The van der Waals surface area contributed by atoms with Gasteiger partial charge in [0.05, 0.1) is 6.04 Å². The fraction of sp³-hybridized carbons (Fsp3) is 0.867. The summed E-state index contributed by atoms with van der Waals surface area (Å²) in [6, 6.07) is -0.191. The summed E-state index contributed by atoms with van der Waals surface area (Å²) in [6.07, 6.45) is 5.12. The quantitative estimate of drug-likeness (QED) is 0.480. The zero-order valence-corrected chi connectivity index (χ0v) is 13.1. The van der Waals surface area contributed by atoms with Crippen molar-refractivity contribution in [3.05, 3.63) is 0 Å². The number of carbonyl (C=O) groups is 2. The molecule has 0 aliphatic heterocycles. The minimum absolute atomic E-state index is 0.0410. The van der Waals surface area contributed by atoms with Crippen molar-refractivity contribution in [2.45, 2.75) is 65.3 Å². The first-order chi connectivity index (χ1) is 9.47. The van der Waals surface area contributed by atoms with E-state index >= 15 is 0 Å². The fourth-order valence-corrected chi connectivity index (χ4v) is 1.89. The molecule has 5 nitrogen and oxygen atoms in total. The summed E-state index contributed by atoms with van der Waals surface area (Å²) in [5.41, 5.74) is 0. The molecule has 118 valence electrons. The Hall–Kier alpha value is -1.10. The van der Waals surface area contributed by atoms with Crippen molar-refractivity contribution < 1.29 is 14.7 Å². The van der Waals surface area contributed by atoms with Crippen LogP contribution in [0, 0.1) is 5.92 Å². The molecule has 0 saturated heterocycles. The van der Waals surface area contributed by atoms with E-state index < -0.39 is 5.97 Å². The van der Waals surface area contributed by atoms with E-state index in [1.807, 2.05) is 13.8 Å². The summed E-state index contributed by atoms with van der Waals surface area (Å²) in [5, 5.41) is 14.7. The molecule has 2 unspecified atom stereocenters. The number of unbranched alkanes of at least 4 members (excludes halogenated alkanes) is 2. The van der Waals surface area contributed by atoms with Crippen molar-refractivity contribution >= 4 is 11.9 Å². The van der Waals surface area contributed by atoms with Crippen LogP contribution in [0.5, 0.6) is 0 Å². The largest absolute Gasteiger partial charge is 0.481 e. The number of carboxylic acid groups (broad SMARTS) is 1. The van der Waals surface area contributed by atoms with Crippen molar-refractivity contribution in [2.24, 2.45) is 5.92 Å². The molecular formula is C15H30N2O3. The summed E-state index contributed by atoms with van der Waals surface area (Å²) in [6.45, 7) is 7.52. The Kier molecular flexibility index (Phi) is 11.1. The number of hydrogen-bond donors (Lipinski definition) is 3. The molecule has 0 spiro atoms. The van der Waals surface area contributed by atoms with Gasteiger partial charge in [0.2, 0.25) is 5.91 Å². The highest BCUT2D eigenvalue weighted by atomic mass is 16.4. The lowest BCUT2D eigenvalue weighted by atomic mass is 10.0. The number of hydrogen-bond acceptors (Lipinski definition) is 3. The normalized spacial score (nSPS) is 13.8. The van der Waals surface area contributed by atoms with Gasteiger partial charge in [-0.05, 0) is 38.6 Å². The average Bonchev–Trinajstić information content (AvgIpc) is 2.40. The van der Waals surface area contributed by atoms with E-state index in [2.05, 4.69) is 17.6 Å². The third kappa shape index (κ3) is 10.8. The molecule has 0 saturated carbocycles. The van der Waals surface area contributed by atoms with Gasteiger partial charge in [0.25, 0.3) is 0 Å². The van der Waals surface area contributed by atoms with Crippen molar-refractivity contribution in [3.8, 4) is 0 Å². The van der Waals surface area contributed by atoms with Crippen LogP contribution >= 0.6 is 0 Å². The van der Waals surface area contributed by atoms with Gasteiger partial charge in [-0.25, -0.2) is 0 Å². The number of amides is 1. The van der Waals surface area contributed by atoms with Crippen LogP contribution in [0.3, 0.4) is 0 Å². The summed E-state index contributed by atoms with van der Waals surface area (Å²) in [7, 11) is 0. The summed E-state index contributed by atoms with van der Waals surface area (Å²) in [5.74, 6) is -0.345. The van der Waals surface area contributed by atoms with Gasteiger partial charge in [-0.15, -0.1) is 0 Å². The van der Waals surface area contributed by atoms with Gasteiger partial charge in [0.1, 0.15) is 0 Å². The van der Waals surface area contributed by atoms with Gasteiger partial charge in [-0.3, -0.25) is 9.59 Å². The van der Waals surface area contributed by atoms with E-state index in [4.69, 9.17) is 5.11 Å². The lowest BCUT2D eigenvalue weighted by Crippen LogP contribution is -2.43. The number of carbonyl (C=O) groups excluding carboxylic acids is 1. The monoisotopic (exact) mass is 286 g/mol. The molecule has 0 radical (unpaired) electrons. The molecule has 2 atom stereocenters. The predicted molar refractivity (Wildman–Crippen MR) is 80.7 cm³/mol. The lowest BCUT2D eigenvalue weighted by molar-refractivity contribution is -0.137. The molecule has 20 heavy (non-hydrogen) atoms. The van der Waals surface area contributed by atoms with Gasteiger partial charge >= 0.3 is 5.97 Å². The Labute approximate surface area is 122 Å². The highest BCUT2D eigenvalue weighted by Crippen LogP contribution is 2.09. The third-order valence-corrected chi connectivity index (χ3v) is 3.41. The van der Waals surface area contributed by atoms with Crippen molar-refractivity contribution in [1.82, 2.24) is 10.6 Å². The fourth-order valence-electron chi connectivity index (χ4n) is 1.89. The minimum Gasteiger partial charge on any atom is -0.481 e. The smallest absolute Gasteiger partial charge is 0.303 e. The number of nitrogens with one attached hydrogen (secondary N) is 2. The standard InChI is InChI=1S/C15H30N2O3/c1-4-5-6-10-17-15(20)13(3)16-11-9-12(2)7-8-14(18)19/h12-13,16H,4-11H2,1-3H3,(H,17,20)(H,18,19). The maximum Gasteiger partial charge on any atom is 0.303 e. The second-order valence-corrected chi connectivity index (χ2v) is 5.50. The Morgan fingerprint density at radius 2 is 1.80 bits per heavy atom. The van der Waals surface area contributed by atoms with E-state index in [-0.39, 0.29) is 18.4 Å². The van der Waals surface area contributed by atoms with Crippen LogP contribution < -0.4 is 10.6 Å². The first-order valence-corrected chi connectivity index (χ1v) is 7.70. The van der Waals surface area contributed by atoms with E-state index in [0.717, 1.165) is 38.8 Å². The summed E-state index contributed by atoms with van der Waals surface area (Å²) in [4.78, 5) is 22.2. The van der Waals surface area contributed by atoms with E-state index in [9.17, 15) is 9.59 Å². The first-order valence-electron chi connectivity index (χ1n) is 7.70. The number of aliphatic carboxylic acids is 1. The summed E-state index contributed by atoms with van der Waals surface area (Å²) >= 11 is 0. The molecule has 0 rings (SSSR count). The highest BCUT2D eigenvalue weighted by Gasteiger charge is 2.12. The van der Waals surface area contributed by atoms with Crippen LogP contribution in [0.4, 0.5) is 0 Å². The van der Waals surface area contributed by atoms with Crippen molar-refractivity contribution in [3.63, 3.8) is 0 Å². The Morgan fingerprint density at radius 1 is 1.10 bits per heavy atom. The minimum atomic E-state index is -0.746. The molecule has 0 aromatic carbocycles. The van der Waals surface area contributed by atoms with Gasteiger partial charge in [0, 0.05) is 13.0 Å². The van der Waals surface area contributed by atoms with Crippen LogP contribution in [-0.4, -0.2) is 36.1 Å². The molecule has 0 heterocycles. The van der Waals surface area contributed by atoms with Crippen LogP contribution in [0.25, 0.3) is 0 Å². The van der Waals surface area contributed by atoms with Gasteiger partial charge in [0.15, 0.2) is 0 Å². The molecule has 0 aromatic rings. The van der Waals surface area contributed by atoms with E-state index in [0.29, 0.717) is 12.3 Å². The molecule has 0 bridgehead atoms. The SMILES string of the molecule is CCCCCNC(=O)C(C)NCCC(C)CCC(=O)O. The first kappa shape index (κ1) is 18.9. The number of rotatable bonds is 12. The topological polar surface area (TPSA) is 78.4 Å². The zero-order valence-electron chi connectivity index (χ0n) is 13.1. The molecule has 0 aliphatic rings. The van der Waals surface area contributed by atoms with Crippen LogP contribution in [0.2, 0.25) is 0 Å². The average molecular weight is 286 g/mol. The third-order valence-electron chi connectivity index (χ3n) is 3.41. The molecule has 5 heteroatoms. The molecule has 3 N–H and O–H groups in total. The van der Waals surface area contributed by atoms with Crippen LogP contribution in [0.1, 0.15) is 59.3 Å². The van der Waals surface area contributed by atoms with Gasteiger partial charge < -0.3 is 15.7 Å². The second-order valence-electron chi connectivity index (χ2n) is 5.50. The van der Waals surface area contributed by atoms with Gasteiger partial charge in [-0.1, -0.05) is 26.7 Å². The predicted octanol–water partition coefficient (Wildman–Crippen LogP) is 2.16. The molecule has 0 fully saturated rings. The van der Waals surface area contributed by atoms with Crippen molar-refractivity contribution in [2.75, 3.05) is 13.1 Å². The Morgan fingerprint density at radius 3 is 2.40 bits per heavy atom. The zero-order chi connectivity index (χ0) is 15.4. The van der Waals surface area contributed by atoms with Crippen LogP contribution in [0.15, 0.2) is 0 Å². The molecular weight excluding hydrogens is 256 g/mol. The number of carboxylic acids is 1. The molecule has 0 aliphatic carbocycles. The van der Waals surface area contributed by atoms with Crippen molar-refractivity contribution in [1.29, 1.82) is 0 Å². The maximum atomic E-state index is 11.7. The van der Waals surface area contributed by atoms with E-state index in [1.54, 1.807) is 0 Å².